The summed E-state index contributed by atoms with van der Waals surface area (Å²) in [6.45, 7) is 5.82. The van der Waals surface area contributed by atoms with E-state index in [9.17, 15) is 23.0 Å². The van der Waals surface area contributed by atoms with Gasteiger partial charge in [-0.1, -0.05) is 50.2 Å². The number of hydrogen-bond donors (Lipinski definition) is 5. The van der Waals surface area contributed by atoms with E-state index in [0.717, 1.165) is 12.7 Å². The third-order valence-corrected chi connectivity index (χ3v) is 5.34. The standard InChI is InChI=1S/C17H16N2O4S.C2H6O2S.C2H6.CH4O3S/c1-11-6-5-7-12-10-14(24(21,22)23)16(17(20)15(11)12)19-18-13-8-3-2-4-9-13;1-3-4-5-2;1-2;1-4-5(2)3/h2-10,20-23H,1H3;1-2H3;1-2H3;1H3,(H,2,3). The molecule has 0 heterocycles. The number of aryl methyl sites for hydroxylation is 1. The molecule has 0 saturated carbocycles. The van der Waals surface area contributed by atoms with Crippen LogP contribution in [0.1, 0.15) is 19.4 Å². The van der Waals surface area contributed by atoms with Crippen LogP contribution in [-0.4, -0.2) is 48.0 Å². The highest BCUT2D eigenvalue weighted by Crippen LogP contribution is 2.54. The van der Waals surface area contributed by atoms with Crippen LogP contribution in [0.25, 0.3) is 10.8 Å². The first-order valence-corrected chi connectivity index (χ1v) is 13.9. The highest BCUT2D eigenvalue weighted by Gasteiger charge is 2.25. The Morgan fingerprint density at radius 3 is 2.00 bits per heavy atom. The van der Waals surface area contributed by atoms with Crippen molar-refractivity contribution in [2.45, 2.75) is 25.7 Å². The second-order valence-corrected chi connectivity index (χ2v) is 8.80. The van der Waals surface area contributed by atoms with Crippen molar-refractivity contribution >= 4 is 56.4 Å². The van der Waals surface area contributed by atoms with E-state index < -0.39 is 22.2 Å². The van der Waals surface area contributed by atoms with Crippen molar-refractivity contribution in [2.24, 2.45) is 10.2 Å². The molecule has 0 radical (unpaired) electrons. The SMILES string of the molecule is CC.COOSC.COS(=O)O.Cc1cccc2cc(S(O)(O)O)c(N=Nc3ccccc3)c(O)c12. The van der Waals surface area contributed by atoms with E-state index in [1.54, 1.807) is 42.7 Å². The Bertz CT molecular complexity index is 1090. The molecule has 0 aliphatic heterocycles. The maximum absolute atomic E-state index is 10.6. The third-order valence-electron chi connectivity index (χ3n) is 3.88. The summed E-state index contributed by atoms with van der Waals surface area (Å²) in [7, 11) is -1.46. The zero-order chi connectivity index (χ0) is 27.7. The summed E-state index contributed by atoms with van der Waals surface area (Å²) in [4.78, 5) is 3.89. The van der Waals surface area contributed by atoms with Crippen molar-refractivity contribution < 1.29 is 40.9 Å². The van der Waals surface area contributed by atoms with Crippen LogP contribution in [0.15, 0.2) is 69.7 Å². The number of rotatable bonds is 6. The maximum Gasteiger partial charge on any atom is 0.301 e. The summed E-state index contributed by atoms with van der Waals surface area (Å²) < 4.78 is 54.0. The Balaban J connectivity index is 0.000000859. The fourth-order valence-electron chi connectivity index (χ4n) is 2.55. The Hall–Kier alpha value is -2.11. The molecule has 0 aromatic heterocycles. The summed E-state index contributed by atoms with van der Waals surface area (Å²) >= 11 is -0.893. The molecule has 1 atom stereocenters. The van der Waals surface area contributed by atoms with Crippen LogP contribution in [0.5, 0.6) is 5.75 Å². The van der Waals surface area contributed by atoms with E-state index in [4.69, 9.17) is 4.55 Å². The molecule has 0 aliphatic carbocycles. The van der Waals surface area contributed by atoms with Gasteiger partial charge in [-0.2, -0.15) is 13.7 Å². The molecule has 36 heavy (non-hydrogen) atoms. The zero-order valence-corrected chi connectivity index (χ0v) is 23.1. The van der Waals surface area contributed by atoms with Gasteiger partial charge in [0.15, 0.2) is 5.75 Å². The summed E-state index contributed by atoms with van der Waals surface area (Å²) in [5.41, 5.74) is 1.16. The molecular formula is C22H32N2O9S3. The van der Waals surface area contributed by atoms with E-state index in [1.165, 1.54) is 25.2 Å². The minimum absolute atomic E-state index is 0.164. The molecule has 0 aliphatic rings. The van der Waals surface area contributed by atoms with Crippen LogP contribution in [-0.2, 0) is 24.8 Å². The maximum atomic E-state index is 10.6. The molecule has 3 rings (SSSR count). The van der Waals surface area contributed by atoms with Crippen molar-refractivity contribution in [1.29, 1.82) is 0 Å². The van der Waals surface area contributed by atoms with Crippen LogP contribution in [0.3, 0.4) is 0 Å². The van der Waals surface area contributed by atoms with Gasteiger partial charge in [0.25, 0.3) is 0 Å². The minimum Gasteiger partial charge on any atom is -0.505 e. The Kier molecular flexibility index (Phi) is 17.1. The Labute approximate surface area is 219 Å². The molecule has 0 spiro atoms. The first-order chi connectivity index (χ1) is 17.1. The summed E-state index contributed by atoms with van der Waals surface area (Å²) in [5.74, 6) is -0.255. The van der Waals surface area contributed by atoms with Crippen LogP contribution >= 0.6 is 22.9 Å². The third kappa shape index (κ3) is 11.7. The van der Waals surface area contributed by atoms with Gasteiger partial charge >= 0.3 is 11.4 Å². The van der Waals surface area contributed by atoms with Crippen LogP contribution < -0.4 is 0 Å². The van der Waals surface area contributed by atoms with Crippen LogP contribution in [0.2, 0.25) is 0 Å². The number of fused-ring (bicyclic) bond motifs is 1. The topological polar surface area (TPSA) is 171 Å². The van der Waals surface area contributed by atoms with Gasteiger partial charge in [-0.3, -0.25) is 8.74 Å². The molecule has 3 aromatic rings. The van der Waals surface area contributed by atoms with E-state index in [2.05, 4.69) is 23.6 Å². The lowest BCUT2D eigenvalue weighted by Crippen LogP contribution is -1.97. The van der Waals surface area contributed by atoms with E-state index in [1.807, 2.05) is 32.9 Å². The smallest absolute Gasteiger partial charge is 0.301 e. The second-order valence-electron chi connectivity index (χ2n) is 6.08. The number of phenols is 1. The highest BCUT2D eigenvalue weighted by molar-refractivity contribution is 8.19. The fourth-order valence-corrected chi connectivity index (χ4v) is 3.37. The number of azo groups is 1. The van der Waals surface area contributed by atoms with E-state index in [0.29, 0.717) is 16.5 Å². The number of nitrogens with zero attached hydrogens (tertiary/aromatic N) is 2. The van der Waals surface area contributed by atoms with Gasteiger partial charge in [0.05, 0.1) is 24.8 Å². The van der Waals surface area contributed by atoms with Gasteiger partial charge in [-0.05, 0) is 36.1 Å². The predicted octanol–water partition coefficient (Wildman–Crippen LogP) is 7.49. The van der Waals surface area contributed by atoms with Crippen molar-refractivity contribution in [3.63, 3.8) is 0 Å². The van der Waals surface area contributed by atoms with E-state index in [-0.39, 0.29) is 16.3 Å². The fraction of sp³-hybridized carbons (Fsp3) is 0.273. The molecule has 0 fully saturated rings. The summed E-state index contributed by atoms with van der Waals surface area (Å²) in [6.07, 6.45) is 1.78. The van der Waals surface area contributed by atoms with Crippen molar-refractivity contribution in [2.75, 3.05) is 20.5 Å². The molecule has 0 saturated heterocycles. The number of phenolic OH excluding ortho intramolecular Hbond substituents is 1. The average Bonchev–Trinajstić information content (AvgIpc) is 2.86. The molecular weight excluding hydrogens is 532 g/mol. The molecule has 0 bridgehead atoms. The molecule has 3 aromatic carbocycles. The predicted molar refractivity (Wildman–Crippen MR) is 145 cm³/mol. The van der Waals surface area contributed by atoms with Gasteiger partial charge in [0.1, 0.15) is 16.6 Å². The van der Waals surface area contributed by atoms with Gasteiger partial charge < -0.3 is 18.8 Å². The van der Waals surface area contributed by atoms with Crippen LogP contribution in [0.4, 0.5) is 11.4 Å². The molecule has 14 heteroatoms. The Morgan fingerprint density at radius 2 is 1.56 bits per heavy atom. The number of benzene rings is 3. The number of hydrogen-bond acceptors (Lipinski definition) is 11. The molecule has 1 unspecified atom stereocenters. The molecule has 11 nitrogen and oxygen atoms in total. The normalized spacial score (nSPS) is 11.9. The van der Waals surface area contributed by atoms with Gasteiger partial charge in [0, 0.05) is 23.7 Å². The van der Waals surface area contributed by atoms with Crippen LogP contribution in [0, 0.1) is 6.92 Å². The first kappa shape index (κ1) is 33.9. The monoisotopic (exact) mass is 564 g/mol. The van der Waals surface area contributed by atoms with E-state index >= 15 is 0 Å². The summed E-state index contributed by atoms with van der Waals surface area (Å²) in [5, 5.41) is 19.6. The molecule has 202 valence electrons. The minimum atomic E-state index is -4.08. The largest absolute Gasteiger partial charge is 0.505 e. The zero-order valence-electron chi connectivity index (χ0n) is 20.7. The van der Waals surface area contributed by atoms with Gasteiger partial charge in [0.2, 0.25) is 0 Å². The average molecular weight is 565 g/mol. The lowest BCUT2D eigenvalue weighted by Gasteiger charge is -2.22. The van der Waals surface area contributed by atoms with Crippen molar-refractivity contribution in [3.05, 3.63) is 60.2 Å². The number of aromatic hydroxyl groups is 1. The molecule has 0 amide bonds. The Morgan fingerprint density at radius 1 is 0.972 bits per heavy atom. The first-order valence-electron chi connectivity index (χ1n) is 10.2. The quantitative estimate of drug-likeness (QED) is 0.0664. The van der Waals surface area contributed by atoms with Gasteiger partial charge in [-0.25, -0.2) is 4.89 Å². The van der Waals surface area contributed by atoms with Gasteiger partial charge in [-0.15, -0.1) is 5.11 Å². The second kappa shape index (κ2) is 18.2. The molecule has 5 N–H and O–H groups in total. The summed E-state index contributed by atoms with van der Waals surface area (Å²) in [6, 6.07) is 15.5. The van der Waals surface area contributed by atoms with Crippen molar-refractivity contribution in [3.8, 4) is 5.75 Å². The lowest BCUT2D eigenvalue weighted by atomic mass is 10.0. The van der Waals surface area contributed by atoms with Crippen molar-refractivity contribution in [1.82, 2.24) is 0 Å². The highest BCUT2D eigenvalue weighted by atomic mass is 32.3. The lowest BCUT2D eigenvalue weighted by molar-refractivity contribution is -0.159.